The maximum absolute atomic E-state index is 12.9. The summed E-state index contributed by atoms with van der Waals surface area (Å²) in [7, 11) is 0. The number of rotatable bonds is 6. The standard InChI is InChI=1S/C18H15ClFN5OS/c1-11(17(26)22-14-3-2-10-21-16(14)19)27-18-23-15(24-25-18)9-6-12-4-7-13(20)8-5-12/h2-11H,1H3,(H,22,26)(H,23,24,25)/b9-6+. The summed E-state index contributed by atoms with van der Waals surface area (Å²) < 4.78 is 12.9. The molecule has 0 aliphatic rings. The molecule has 2 N–H and O–H groups in total. The van der Waals surface area contributed by atoms with E-state index in [1.807, 2.05) is 0 Å². The number of nitrogens with zero attached hydrogens (tertiary/aromatic N) is 3. The lowest BCUT2D eigenvalue weighted by Crippen LogP contribution is -2.22. The van der Waals surface area contributed by atoms with Gasteiger partial charge in [-0.2, -0.15) is 0 Å². The van der Waals surface area contributed by atoms with Crippen molar-refractivity contribution in [2.24, 2.45) is 0 Å². The molecule has 0 bridgehead atoms. The highest BCUT2D eigenvalue weighted by Gasteiger charge is 2.18. The summed E-state index contributed by atoms with van der Waals surface area (Å²) in [5.74, 6) is 0.0122. The molecule has 138 valence electrons. The monoisotopic (exact) mass is 403 g/mol. The normalized spacial score (nSPS) is 12.3. The summed E-state index contributed by atoms with van der Waals surface area (Å²) in [6.45, 7) is 1.74. The fourth-order valence-corrected chi connectivity index (χ4v) is 2.96. The summed E-state index contributed by atoms with van der Waals surface area (Å²) in [6.07, 6.45) is 5.06. The Morgan fingerprint density at radius 1 is 1.30 bits per heavy atom. The largest absolute Gasteiger partial charge is 0.322 e. The van der Waals surface area contributed by atoms with Gasteiger partial charge in [-0.15, -0.1) is 5.10 Å². The van der Waals surface area contributed by atoms with Gasteiger partial charge in [-0.3, -0.25) is 9.89 Å². The third-order valence-electron chi connectivity index (χ3n) is 3.45. The Morgan fingerprint density at radius 2 is 2.07 bits per heavy atom. The first-order valence-corrected chi connectivity index (χ1v) is 9.21. The second-order valence-electron chi connectivity index (χ2n) is 5.48. The Morgan fingerprint density at radius 3 is 2.81 bits per heavy atom. The van der Waals surface area contributed by atoms with Crippen molar-refractivity contribution >= 4 is 47.1 Å². The van der Waals surface area contributed by atoms with Crippen molar-refractivity contribution < 1.29 is 9.18 Å². The van der Waals surface area contributed by atoms with Crippen molar-refractivity contribution in [2.75, 3.05) is 5.32 Å². The van der Waals surface area contributed by atoms with Crippen LogP contribution in [0.25, 0.3) is 12.2 Å². The van der Waals surface area contributed by atoms with Crippen LogP contribution in [0.2, 0.25) is 5.15 Å². The lowest BCUT2D eigenvalue weighted by atomic mass is 10.2. The highest BCUT2D eigenvalue weighted by molar-refractivity contribution is 8.00. The summed E-state index contributed by atoms with van der Waals surface area (Å²) in [5.41, 5.74) is 1.29. The van der Waals surface area contributed by atoms with Gasteiger partial charge in [-0.1, -0.05) is 41.6 Å². The molecule has 3 aromatic rings. The zero-order valence-electron chi connectivity index (χ0n) is 14.2. The molecule has 1 amide bonds. The zero-order chi connectivity index (χ0) is 19.2. The summed E-state index contributed by atoms with van der Waals surface area (Å²) in [6, 6.07) is 9.46. The summed E-state index contributed by atoms with van der Waals surface area (Å²) >= 11 is 7.15. The van der Waals surface area contributed by atoms with Gasteiger partial charge in [0, 0.05) is 6.20 Å². The number of hydrogen-bond acceptors (Lipinski definition) is 5. The quantitative estimate of drug-likeness (QED) is 0.474. The first-order chi connectivity index (χ1) is 13.0. The molecular weight excluding hydrogens is 389 g/mol. The number of nitrogens with one attached hydrogen (secondary N) is 2. The van der Waals surface area contributed by atoms with Crippen LogP contribution >= 0.6 is 23.4 Å². The number of aromatic nitrogens is 4. The average molecular weight is 404 g/mol. The van der Waals surface area contributed by atoms with E-state index >= 15 is 0 Å². The molecule has 0 radical (unpaired) electrons. The van der Waals surface area contributed by atoms with E-state index in [2.05, 4.69) is 25.5 Å². The number of hydrogen-bond donors (Lipinski definition) is 2. The van der Waals surface area contributed by atoms with E-state index < -0.39 is 5.25 Å². The minimum absolute atomic E-state index is 0.231. The van der Waals surface area contributed by atoms with Crippen molar-refractivity contribution in [3.8, 4) is 0 Å². The highest BCUT2D eigenvalue weighted by atomic mass is 35.5. The molecule has 1 atom stereocenters. The molecule has 6 nitrogen and oxygen atoms in total. The number of anilines is 1. The number of pyridine rings is 1. The predicted molar refractivity (Wildman–Crippen MR) is 105 cm³/mol. The second kappa shape index (κ2) is 8.79. The number of aromatic amines is 1. The Labute approximate surface area is 164 Å². The van der Waals surface area contributed by atoms with Gasteiger partial charge in [0.2, 0.25) is 11.1 Å². The highest BCUT2D eigenvalue weighted by Crippen LogP contribution is 2.23. The minimum Gasteiger partial charge on any atom is -0.322 e. The number of benzene rings is 1. The van der Waals surface area contributed by atoms with Crippen LogP contribution in [0.4, 0.5) is 10.1 Å². The van der Waals surface area contributed by atoms with Gasteiger partial charge in [-0.25, -0.2) is 14.4 Å². The summed E-state index contributed by atoms with van der Waals surface area (Å²) in [5, 5.41) is 9.83. The first-order valence-electron chi connectivity index (χ1n) is 7.95. The third kappa shape index (κ3) is 5.38. The van der Waals surface area contributed by atoms with Crippen molar-refractivity contribution in [1.82, 2.24) is 20.2 Å². The van der Waals surface area contributed by atoms with E-state index in [0.29, 0.717) is 16.7 Å². The van der Waals surface area contributed by atoms with Crippen molar-refractivity contribution in [2.45, 2.75) is 17.3 Å². The average Bonchev–Trinajstić information content (AvgIpc) is 3.10. The van der Waals surface area contributed by atoms with Gasteiger partial charge in [-0.05, 0) is 42.8 Å². The van der Waals surface area contributed by atoms with E-state index in [1.165, 1.54) is 23.9 Å². The van der Waals surface area contributed by atoms with Crippen molar-refractivity contribution in [3.63, 3.8) is 0 Å². The number of amides is 1. The second-order valence-corrected chi connectivity index (χ2v) is 7.15. The van der Waals surface area contributed by atoms with Gasteiger partial charge < -0.3 is 5.32 Å². The molecule has 0 spiro atoms. The Hall–Kier alpha value is -2.71. The molecule has 1 aromatic carbocycles. The maximum Gasteiger partial charge on any atom is 0.237 e. The predicted octanol–water partition coefficient (Wildman–Crippen LogP) is 4.28. The van der Waals surface area contributed by atoms with Gasteiger partial charge >= 0.3 is 0 Å². The fraction of sp³-hybridized carbons (Fsp3) is 0.111. The molecule has 2 aromatic heterocycles. The number of H-pyrrole nitrogens is 1. The SMILES string of the molecule is CC(Sc1n[nH]c(/C=C/c2ccc(F)cc2)n1)C(=O)Nc1cccnc1Cl. The Kier molecular flexibility index (Phi) is 6.20. The molecular formula is C18H15ClFN5OS. The molecule has 27 heavy (non-hydrogen) atoms. The van der Waals surface area contributed by atoms with E-state index in [-0.39, 0.29) is 16.9 Å². The number of carbonyl (C=O) groups excluding carboxylic acids is 1. The Balaban J connectivity index is 1.58. The molecule has 3 rings (SSSR count). The lowest BCUT2D eigenvalue weighted by molar-refractivity contribution is -0.115. The van der Waals surface area contributed by atoms with Gasteiger partial charge in [0.25, 0.3) is 0 Å². The van der Waals surface area contributed by atoms with Crippen LogP contribution in [0.3, 0.4) is 0 Å². The lowest BCUT2D eigenvalue weighted by Gasteiger charge is -2.10. The van der Waals surface area contributed by atoms with E-state index in [9.17, 15) is 9.18 Å². The molecule has 9 heteroatoms. The smallest absolute Gasteiger partial charge is 0.237 e. The topological polar surface area (TPSA) is 83.6 Å². The molecule has 0 aliphatic carbocycles. The van der Waals surface area contributed by atoms with Crippen LogP contribution in [0.15, 0.2) is 47.8 Å². The van der Waals surface area contributed by atoms with E-state index in [4.69, 9.17) is 11.6 Å². The van der Waals surface area contributed by atoms with Crippen LogP contribution in [0.1, 0.15) is 18.3 Å². The van der Waals surface area contributed by atoms with E-state index in [1.54, 1.807) is 49.5 Å². The van der Waals surface area contributed by atoms with Crippen LogP contribution in [0.5, 0.6) is 0 Å². The first kappa shape index (κ1) is 19.1. The fourth-order valence-electron chi connectivity index (χ4n) is 2.06. The molecule has 0 saturated heterocycles. The summed E-state index contributed by atoms with van der Waals surface area (Å²) in [4.78, 5) is 20.5. The molecule has 0 saturated carbocycles. The number of halogens is 2. The van der Waals surface area contributed by atoms with Crippen LogP contribution in [-0.2, 0) is 4.79 Å². The molecule has 2 heterocycles. The number of thioether (sulfide) groups is 1. The minimum atomic E-state index is -0.439. The van der Waals surface area contributed by atoms with Crippen LogP contribution < -0.4 is 5.32 Å². The Bertz CT molecular complexity index is 960. The van der Waals surface area contributed by atoms with Gasteiger partial charge in [0.05, 0.1) is 10.9 Å². The molecule has 0 aliphatic heterocycles. The van der Waals surface area contributed by atoms with Crippen LogP contribution in [-0.4, -0.2) is 31.3 Å². The van der Waals surface area contributed by atoms with E-state index in [0.717, 1.165) is 5.56 Å². The van der Waals surface area contributed by atoms with Gasteiger partial charge in [0.1, 0.15) is 11.6 Å². The van der Waals surface area contributed by atoms with Gasteiger partial charge in [0.15, 0.2) is 5.15 Å². The van der Waals surface area contributed by atoms with Crippen molar-refractivity contribution in [1.29, 1.82) is 0 Å². The molecule has 1 unspecified atom stereocenters. The zero-order valence-corrected chi connectivity index (χ0v) is 15.8. The third-order valence-corrected chi connectivity index (χ3v) is 4.72. The molecule has 0 fully saturated rings. The van der Waals surface area contributed by atoms with Crippen molar-refractivity contribution in [3.05, 3.63) is 65.0 Å². The van der Waals surface area contributed by atoms with Crippen LogP contribution in [0, 0.1) is 5.82 Å². The number of carbonyl (C=O) groups is 1. The maximum atomic E-state index is 12.9.